The van der Waals surface area contributed by atoms with E-state index in [1.54, 1.807) is 0 Å². The highest BCUT2D eigenvalue weighted by molar-refractivity contribution is 5.35. The number of aryl methyl sites for hydroxylation is 1. The van der Waals surface area contributed by atoms with Crippen LogP contribution in [0.4, 0.5) is 0 Å². The molecule has 1 N–H and O–H groups in total. The Kier molecular flexibility index (Phi) is 5.22. The fourth-order valence-electron chi connectivity index (χ4n) is 3.04. The monoisotopic (exact) mass is 274 g/mol. The van der Waals surface area contributed by atoms with E-state index in [0.29, 0.717) is 0 Å². The fraction of sp³-hybridized carbons (Fsp3) is 0.688. The summed E-state index contributed by atoms with van der Waals surface area (Å²) in [5, 5.41) is 9.01. The number of nitriles is 1. The third-order valence-electron chi connectivity index (χ3n) is 4.17. The molecule has 1 aliphatic rings. The maximum atomic E-state index is 9.01. The van der Waals surface area contributed by atoms with E-state index in [2.05, 4.69) is 34.9 Å². The third kappa shape index (κ3) is 4.09. The van der Waals surface area contributed by atoms with E-state index in [1.165, 1.54) is 44.6 Å². The molecule has 0 radical (unpaired) electrons. The minimum atomic E-state index is 0.779. The first-order chi connectivity index (χ1) is 9.58. The predicted octanol–water partition coefficient (Wildman–Crippen LogP) is 2.36. The van der Waals surface area contributed by atoms with Crippen LogP contribution in [0.3, 0.4) is 0 Å². The van der Waals surface area contributed by atoms with E-state index in [0.717, 1.165) is 23.7 Å². The van der Waals surface area contributed by atoms with Gasteiger partial charge in [-0.25, -0.2) is 0 Å². The SMILES string of the molecule is Cc1[nH]c(CN2CCCC(CCN(C)C)C2)cc1C#N. The van der Waals surface area contributed by atoms with Crippen molar-refractivity contribution in [2.45, 2.75) is 32.7 Å². The van der Waals surface area contributed by atoms with Gasteiger partial charge in [0.15, 0.2) is 0 Å². The van der Waals surface area contributed by atoms with Crippen molar-refractivity contribution in [3.63, 3.8) is 0 Å². The lowest BCUT2D eigenvalue weighted by atomic mass is 9.94. The number of piperidine rings is 1. The Morgan fingerprint density at radius 3 is 2.95 bits per heavy atom. The molecule has 1 unspecified atom stereocenters. The Labute approximate surface area is 122 Å². The van der Waals surface area contributed by atoms with Crippen LogP contribution >= 0.6 is 0 Å². The second-order valence-electron chi connectivity index (χ2n) is 6.28. The third-order valence-corrected chi connectivity index (χ3v) is 4.17. The van der Waals surface area contributed by atoms with Gasteiger partial charge in [-0.3, -0.25) is 4.90 Å². The molecule has 20 heavy (non-hydrogen) atoms. The van der Waals surface area contributed by atoms with Crippen molar-refractivity contribution < 1.29 is 0 Å². The molecule has 110 valence electrons. The first-order valence-electron chi connectivity index (χ1n) is 7.54. The Morgan fingerprint density at radius 2 is 2.30 bits per heavy atom. The Bertz CT molecular complexity index is 469. The summed E-state index contributed by atoms with van der Waals surface area (Å²) in [7, 11) is 4.29. The second kappa shape index (κ2) is 6.92. The van der Waals surface area contributed by atoms with Crippen LogP contribution in [-0.2, 0) is 6.54 Å². The molecule has 0 spiro atoms. The summed E-state index contributed by atoms with van der Waals surface area (Å²) in [5.74, 6) is 0.817. The molecule has 1 aliphatic heterocycles. The van der Waals surface area contributed by atoms with E-state index in [4.69, 9.17) is 5.26 Å². The zero-order valence-corrected chi connectivity index (χ0v) is 12.9. The number of nitrogens with one attached hydrogen (secondary N) is 1. The molecule has 4 nitrogen and oxygen atoms in total. The van der Waals surface area contributed by atoms with Crippen LogP contribution in [0.5, 0.6) is 0 Å². The minimum Gasteiger partial charge on any atom is -0.360 e. The van der Waals surface area contributed by atoms with Gasteiger partial charge >= 0.3 is 0 Å². The van der Waals surface area contributed by atoms with Crippen LogP contribution in [0.2, 0.25) is 0 Å². The van der Waals surface area contributed by atoms with Crippen molar-refractivity contribution in [1.29, 1.82) is 5.26 Å². The van der Waals surface area contributed by atoms with Crippen LogP contribution < -0.4 is 0 Å². The molecule has 4 heteroatoms. The van der Waals surface area contributed by atoms with Gasteiger partial charge in [-0.2, -0.15) is 5.26 Å². The summed E-state index contributed by atoms with van der Waals surface area (Å²) < 4.78 is 0. The molecule has 0 aliphatic carbocycles. The van der Waals surface area contributed by atoms with Gasteiger partial charge in [0.25, 0.3) is 0 Å². The minimum absolute atomic E-state index is 0.779. The Morgan fingerprint density at radius 1 is 1.50 bits per heavy atom. The van der Waals surface area contributed by atoms with E-state index in [9.17, 15) is 0 Å². The zero-order valence-electron chi connectivity index (χ0n) is 12.9. The lowest BCUT2D eigenvalue weighted by molar-refractivity contribution is 0.153. The normalized spacial score (nSPS) is 20.2. The smallest absolute Gasteiger partial charge is 0.101 e. The molecule has 0 aromatic carbocycles. The first-order valence-corrected chi connectivity index (χ1v) is 7.54. The van der Waals surface area contributed by atoms with E-state index >= 15 is 0 Å². The molecule has 0 saturated carbocycles. The molecule has 0 bridgehead atoms. The van der Waals surface area contributed by atoms with Crippen LogP contribution in [0.25, 0.3) is 0 Å². The highest BCUT2D eigenvalue weighted by Gasteiger charge is 2.20. The van der Waals surface area contributed by atoms with Gasteiger partial charge in [-0.15, -0.1) is 0 Å². The van der Waals surface area contributed by atoms with Crippen LogP contribution in [0, 0.1) is 24.2 Å². The molecule has 1 aromatic rings. The molecule has 2 heterocycles. The number of rotatable bonds is 5. The summed E-state index contributed by atoms with van der Waals surface area (Å²) in [6, 6.07) is 4.24. The molecule has 1 atom stereocenters. The van der Waals surface area contributed by atoms with Gasteiger partial charge in [-0.1, -0.05) is 0 Å². The predicted molar refractivity (Wildman–Crippen MR) is 81.4 cm³/mol. The number of hydrogen-bond acceptors (Lipinski definition) is 3. The van der Waals surface area contributed by atoms with Crippen molar-refractivity contribution in [1.82, 2.24) is 14.8 Å². The van der Waals surface area contributed by atoms with E-state index in [1.807, 2.05) is 13.0 Å². The lowest BCUT2D eigenvalue weighted by Gasteiger charge is -2.33. The molecular weight excluding hydrogens is 248 g/mol. The standard InChI is InChI=1S/C16H26N4/c1-13-15(10-17)9-16(18-13)12-20-7-4-5-14(11-20)6-8-19(2)3/h9,14,18H,4-8,11-12H2,1-3H3. The van der Waals surface area contributed by atoms with E-state index in [-0.39, 0.29) is 0 Å². The second-order valence-corrected chi connectivity index (χ2v) is 6.28. The highest BCUT2D eigenvalue weighted by Crippen LogP contribution is 2.21. The summed E-state index contributed by atoms with van der Waals surface area (Å²) in [6.45, 7) is 6.46. The van der Waals surface area contributed by atoms with Crippen molar-refractivity contribution >= 4 is 0 Å². The number of hydrogen-bond donors (Lipinski definition) is 1. The summed E-state index contributed by atoms with van der Waals surface area (Å²) >= 11 is 0. The number of aromatic amines is 1. The van der Waals surface area contributed by atoms with Crippen molar-refractivity contribution in [2.24, 2.45) is 5.92 Å². The molecule has 1 aromatic heterocycles. The largest absolute Gasteiger partial charge is 0.360 e. The number of aromatic nitrogens is 1. The van der Waals surface area contributed by atoms with Gasteiger partial charge in [0.1, 0.15) is 6.07 Å². The number of nitrogens with zero attached hydrogens (tertiary/aromatic N) is 3. The van der Waals surface area contributed by atoms with Gasteiger partial charge < -0.3 is 9.88 Å². The van der Waals surface area contributed by atoms with Gasteiger partial charge in [0, 0.05) is 24.5 Å². The van der Waals surface area contributed by atoms with Crippen LogP contribution in [0.15, 0.2) is 6.07 Å². The molecule has 1 saturated heterocycles. The van der Waals surface area contributed by atoms with Crippen molar-refractivity contribution in [3.8, 4) is 6.07 Å². The zero-order chi connectivity index (χ0) is 14.5. The van der Waals surface area contributed by atoms with Gasteiger partial charge in [0.2, 0.25) is 0 Å². The Balaban J connectivity index is 1.87. The van der Waals surface area contributed by atoms with E-state index < -0.39 is 0 Å². The van der Waals surface area contributed by atoms with Gasteiger partial charge in [0.05, 0.1) is 5.56 Å². The fourth-order valence-corrected chi connectivity index (χ4v) is 3.04. The topological polar surface area (TPSA) is 46.1 Å². The molecule has 1 fully saturated rings. The highest BCUT2D eigenvalue weighted by atomic mass is 15.1. The molecule has 0 amide bonds. The molecular formula is C16H26N4. The number of H-pyrrole nitrogens is 1. The van der Waals surface area contributed by atoms with Crippen molar-refractivity contribution in [2.75, 3.05) is 33.7 Å². The summed E-state index contributed by atoms with van der Waals surface area (Å²) in [6.07, 6.45) is 3.94. The summed E-state index contributed by atoms with van der Waals surface area (Å²) in [5.41, 5.74) is 2.94. The Hall–Kier alpha value is -1.31. The average Bonchev–Trinajstić information content (AvgIpc) is 2.77. The number of likely N-dealkylation sites (tertiary alicyclic amines) is 1. The van der Waals surface area contributed by atoms with Crippen LogP contribution in [0.1, 0.15) is 36.2 Å². The van der Waals surface area contributed by atoms with Crippen LogP contribution in [-0.4, -0.2) is 48.5 Å². The quantitative estimate of drug-likeness (QED) is 0.896. The maximum Gasteiger partial charge on any atom is 0.101 e. The van der Waals surface area contributed by atoms with Crippen molar-refractivity contribution in [3.05, 3.63) is 23.0 Å². The molecule has 2 rings (SSSR count). The first kappa shape index (κ1) is 15.1. The lowest BCUT2D eigenvalue weighted by Crippen LogP contribution is -2.36. The maximum absolute atomic E-state index is 9.01. The summed E-state index contributed by atoms with van der Waals surface area (Å²) in [4.78, 5) is 8.13. The van der Waals surface area contributed by atoms with Gasteiger partial charge in [-0.05, 0) is 65.4 Å². The average molecular weight is 274 g/mol.